The Kier molecular flexibility index (Phi) is 5.78. The Balaban J connectivity index is 2.10. The summed E-state index contributed by atoms with van der Waals surface area (Å²) in [6.45, 7) is 2.23. The number of hydrogen-bond donors (Lipinski definition) is 1. The Labute approximate surface area is 144 Å². The second-order valence-electron chi connectivity index (χ2n) is 5.19. The third-order valence-electron chi connectivity index (χ3n) is 3.54. The summed E-state index contributed by atoms with van der Waals surface area (Å²) >= 11 is 3.35. The first-order valence-electron chi connectivity index (χ1n) is 7.33. The van der Waals surface area contributed by atoms with Gasteiger partial charge in [0.25, 0.3) is 0 Å². The van der Waals surface area contributed by atoms with E-state index in [2.05, 4.69) is 34.2 Å². The molecular formula is C18H18BrN3O. The molecule has 0 aromatic heterocycles. The Morgan fingerprint density at radius 1 is 1.30 bits per heavy atom. The number of aryl methyl sites for hydroxylation is 1. The van der Waals surface area contributed by atoms with E-state index in [1.165, 1.54) is 0 Å². The molecule has 0 saturated carbocycles. The van der Waals surface area contributed by atoms with E-state index in [0.29, 0.717) is 5.56 Å². The molecular weight excluding hydrogens is 354 g/mol. The van der Waals surface area contributed by atoms with Crippen molar-refractivity contribution in [1.29, 1.82) is 5.26 Å². The Morgan fingerprint density at radius 3 is 2.74 bits per heavy atom. The fraction of sp³-hybridized carbons (Fsp3) is 0.222. The van der Waals surface area contributed by atoms with Gasteiger partial charge in [-0.1, -0.05) is 41.1 Å². The van der Waals surface area contributed by atoms with Crippen LogP contribution in [0.25, 0.3) is 0 Å². The SMILES string of the molecule is CCc1ccccc1NC(=O)CN(C)c1ccc(Br)cc1C#N. The van der Waals surface area contributed by atoms with Crippen LogP contribution in [-0.4, -0.2) is 19.5 Å². The minimum atomic E-state index is -0.111. The van der Waals surface area contributed by atoms with Gasteiger partial charge in [0.2, 0.25) is 5.91 Å². The van der Waals surface area contributed by atoms with E-state index in [9.17, 15) is 10.1 Å². The number of para-hydroxylation sites is 1. The standard InChI is InChI=1S/C18H18BrN3O/c1-3-13-6-4-5-7-16(13)21-18(23)12-22(2)17-9-8-15(19)10-14(17)11-20/h4-10H,3,12H2,1-2H3,(H,21,23). The van der Waals surface area contributed by atoms with Gasteiger partial charge >= 0.3 is 0 Å². The number of anilines is 2. The van der Waals surface area contributed by atoms with E-state index in [4.69, 9.17) is 0 Å². The monoisotopic (exact) mass is 371 g/mol. The average molecular weight is 372 g/mol. The van der Waals surface area contributed by atoms with E-state index in [1.54, 1.807) is 18.0 Å². The summed E-state index contributed by atoms with van der Waals surface area (Å²) in [7, 11) is 1.80. The van der Waals surface area contributed by atoms with Gasteiger partial charge in [0.1, 0.15) is 6.07 Å². The van der Waals surface area contributed by atoms with Crippen molar-refractivity contribution >= 4 is 33.2 Å². The Hall–Kier alpha value is -2.32. The maximum Gasteiger partial charge on any atom is 0.243 e. The zero-order valence-electron chi connectivity index (χ0n) is 13.1. The lowest BCUT2D eigenvalue weighted by Gasteiger charge is -2.20. The molecule has 1 amide bonds. The molecule has 0 aliphatic rings. The van der Waals surface area contributed by atoms with Crippen molar-refractivity contribution in [2.45, 2.75) is 13.3 Å². The Morgan fingerprint density at radius 2 is 2.04 bits per heavy atom. The molecule has 0 heterocycles. The van der Waals surface area contributed by atoms with Crippen LogP contribution in [-0.2, 0) is 11.2 Å². The number of hydrogen-bond acceptors (Lipinski definition) is 3. The molecule has 0 radical (unpaired) electrons. The van der Waals surface area contributed by atoms with Gasteiger partial charge in [-0.05, 0) is 36.2 Å². The summed E-state index contributed by atoms with van der Waals surface area (Å²) in [5.74, 6) is -0.111. The van der Waals surface area contributed by atoms with E-state index >= 15 is 0 Å². The quantitative estimate of drug-likeness (QED) is 0.865. The zero-order chi connectivity index (χ0) is 16.8. The lowest BCUT2D eigenvalue weighted by Crippen LogP contribution is -2.30. The van der Waals surface area contributed by atoms with Crippen LogP contribution in [0.3, 0.4) is 0 Å². The molecule has 1 N–H and O–H groups in total. The molecule has 23 heavy (non-hydrogen) atoms. The molecule has 0 fully saturated rings. The molecule has 0 aliphatic heterocycles. The van der Waals surface area contributed by atoms with Crippen molar-refractivity contribution in [3.05, 3.63) is 58.1 Å². The molecule has 118 valence electrons. The maximum atomic E-state index is 12.3. The smallest absolute Gasteiger partial charge is 0.243 e. The highest BCUT2D eigenvalue weighted by atomic mass is 79.9. The summed E-state index contributed by atoms with van der Waals surface area (Å²) in [5.41, 5.74) is 3.20. The molecule has 0 unspecified atom stereocenters. The molecule has 0 bridgehead atoms. The van der Waals surface area contributed by atoms with Gasteiger partial charge in [-0.3, -0.25) is 4.79 Å². The molecule has 2 aromatic rings. The molecule has 0 spiro atoms. The molecule has 0 aliphatic carbocycles. The number of amides is 1. The highest BCUT2D eigenvalue weighted by Crippen LogP contribution is 2.23. The largest absolute Gasteiger partial charge is 0.364 e. The first-order chi connectivity index (χ1) is 11.0. The number of nitrogens with one attached hydrogen (secondary N) is 1. The summed E-state index contributed by atoms with van der Waals surface area (Å²) in [6.07, 6.45) is 0.859. The number of nitriles is 1. The van der Waals surface area contributed by atoms with E-state index < -0.39 is 0 Å². The zero-order valence-corrected chi connectivity index (χ0v) is 14.7. The number of likely N-dealkylation sites (N-methyl/N-ethyl adjacent to an activating group) is 1. The molecule has 2 rings (SSSR count). The normalized spacial score (nSPS) is 10.0. The van der Waals surface area contributed by atoms with Crippen LogP contribution >= 0.6 is 15.9 Å². The minimum Gasteiger partial charge on any atom is -0.364 e. The molecule has 4 nitrogen and oxygen atoms in total. The molecule has 0 atom stereocenters. The highest BCUT2D eigenvalue weighted by molar-refractivity contribution is 9.10. The summed E-state index contributed by atoms with van der Waals surface area (Å²) in [4.78, 5) is 14.1. The number of nitrogens with zero attached hydrogens (tertiary/aromatic N) is 2. The highest BCUT2D eigenvalue weighted by Gasteiger charge is 2.12. The van der Waals surface area contributed by atoms with Gasteiger partial charge in [-0.15, -0.1) is 0 Å². The van der Waals surface area contributed by atoms with Gasteiger partial charge in [0.15, 0.2) is 0 Å². The van der Waals surface area contributed by atoms with Crippen molar-refractivity contribution in [2.75, 3.05) is 23.8 Å². The number of rotatable bonds is 5. The van der Waals surface area contributed by atoms with Crippen LogP contribution in [0.4, 0.5) is 11.4 Å². The molecule has 5 heteroatoms. The molecule has 2 aromatic carbocycles. The van der Waals surface area contributed by atoms with Gasteiger partial charge < -0.3 is 10.2 Å². The van der Waals surface area contributed by atoms with Crippen LogP contribution < -0.4 is 10.2 Å². The first kappa shape index (κ1) is 17.0. The summed E-state index contributed by atoms with van der Waals surface area (Å²) in [6, 6.07) is 15.4. The van der Waals surface area contributed by atoms with Crippen molar-refractivity contribution < 1.29 is 4.79 Å². The predicted octanol–water partition coefficient (Wildman–Crippen LogP) is 3.96. The van der Waals surface area contributed by atoms with Crippen LogP contribution in [0, 0.1) is 11.3 Å². The topological polar surface area (TPSA) is 56.1 Å². The van der Waals surface area contributed by atoms with Gasteiger partial charge in [0, 0.05) is 17.2 Å². The third-order valence-corrected chi connectivity index (χ3v) is 4.04. The van der Waals surface area contributed by atoms with E-state index in [-0.39, 0.29) is 12.5 Å². The van der Waals surface area contributed by atoms with Crippen molar-refractivity contribution in [3.63, 3.8) is 0 Å². The lowest BCUT2D eigenvalue weighted by atomic mass is 10.1. The number of halogens is 1. The maximum absolute atomic E-state index is 12.3. The van der Waals surface area contributed by atoms with Crippen molar-refractivity contribution in [1.82, 2.24) is 0 Å². The van der Waals surface area contributed by atoms with Gasteiger partial charge in [-0.25, -0.2) is 0 Å². The van der Waals surface area contributed by atoms with Crippen LogP contribution in [0.15, 0.2) is 46.9 Å². The van der Waals surface area contributed by atoms with E-state index in [0.717, 1.165) is 27.8 Å². The number of carbonyl (C=O) groups excluding carboxylic acids is 1. The van der Waals surface area contributed by atoms with Crippen molar-refractivity contribution in [3.8, 4) is 6.07 Å². The van der Waals surface area contributed by atoms with Crippen LogP contribution in [0.5, 0.6) is 0 Å². The van der Waals surface area contributed by atoms with Gasteiger partial charge in [-0.2, -0.15) is 5.26 Å². The third kappa shape index (κ3) is 4.33. The summed E-state index contributed by atoms with van der Waals surface area (Å²) in [5, 5.41) is 12.2. The Bertz CT molecular complexity index is 752. The van der Waals surface area contributed by atoms with E-state index in [1.807, 2.05) is 36.4 Å². The minimum absolute atomic E-state index is 0.111. The van der Waals surface area contributed by atoms with Crippen LogP contribution in [0.2, 0.25) is 0 Å². The lowest BCUT2D eigenvalue weighted by molar-refractivity contribution is -0.114. The molecule has 0 saturated heterocycles. The average Bonchev–Trinajstić information content (AvgIpc) is 2.54. The van der Waals surface area contributed by atoms with Crippen LogP contribution in [0.1, 0.15) is 18.1 Å². The second kappa shape index (κ2) is 7.80. The number of carbonyl (C=O) groups is 1. The fourth-order valence-corrected chi connectivity index (χ4v) is 2.73. The van der Waals surface area contributed by atoms with Crippen molar-refractivity contribution in [2.24, 2.45) is 0 Å². The first-order valence-corrected chi connectivity index (χ1v) is 8.13. The summed E-state index contributed by atoms with van der Waals surface area (Å²) < 4.78 is 0.840. The second-order valence-corrected chi connectivity index (χ2v) is 6.10. The predicted molar refractivity (Wildman–Crippen MR) is 96.6 cm³/mol. The fourth-order valence-electron chi connectivity index (χ4n) is 2.37. The number of benzene rings is 2. The van der Waals surface area contributed by atoms with Gasteiger partial charge in [0.05, 0.1) is 17.8 Å².